The summed E-state index contributed by atoms with van der Waals surface area (Å²) >= 11 is 6.21. The van der Waals surface area contributed by atoms with E-state index in [1.807, 2.05) is 19.1 Å². The molecule has 140 valence electrons. The molecule has 0 radical (unpaired) electrons. The average Bonchev–Trinajstić information content (AvgIpc) is 2.82. The van der Waals surface area contributed by atoms with E-state index in [-0.39, 0.29) is 36.9 Å². The SMILES string of the molecule is C[C@@H]1CN(c2ccccc2Cl)C(=O)CN1C(=O)CN1CCCCCC1=O. The molecule has 2 fully saturated rings. The number of piperazine rings is 1. The molecule has 3 rings (SSSR count). The molecule has 0 aliphatic carbocycles. The number of nitrogens with zero attached hydrogens (tertiary/aromatic N) is 3. The Hall–Kier alpha value is -2.08. The maximum Gasteiger partial charge on any atom is 0.246 e. The highest BCUT2D eigenvalue weighted by Crippen LogP contribution is 2.28. The van der Waals surface area contributed by atoms with Gasteiger partial charge in [0.25, 0.3) is 0 Å². The zero-order valence-electron chi connectivity index (χ0n) is 15.0. The number of benzene rings is 1. The quantitative estimate of drug-likeness (QED) is 0.812. The highest BCUT2D eigenvalue weighted by molar-refractivity contribution is 6.33. The van der Waals surface area contributed by atoms with Crippen molar-refractivity contribution < 1.29 is 14.4 Å². The van der Waals surface area contributed by atoms with Gasteiger partial charge in [0.05, 0.1) is 17.3 Å². The van der Waals surface area contributed by atoms with Crippen LogP contribution in [0.5, 0.6) is 0 Å². The van der Waals surface area contributed by atoms with Crippen LogP contribution in [-0.2, 0) is 14.4 Å². The summed E-state index contributed by atoms with van der Waals surface area (Å²) in [4.78, 5) is 42.3. The molecule has 2 aliphatic rings. The number of hydrogen-bond donors (Lipinski definition) is 0. The first-order valence-corrected chi connectivity index (χ1v) is 9.47. The van der Waals surface area contributed by atoms with Crippen LogP contribution in [0.25, 0.3) is 0 Å². The summed E-state index contributed by atoms with van der Waals surface area (Å²) in [7, 11) is 0. The van der Waals surface area contributed by atoms with E-state index >= 15 is 0 Å². The Morgan fingerprint density at radius 2 is 1.92 bits per heavy atom. The van der Waals surface area contributed by atoms with Crippen LogP contribution in [-0.4, -0.2) is 59.7 Å². The van der Waals surface area contributed by atoms with Gasteiger partial charge in [0.1, 0.15) is 6.54 Å². The van der Waals surface area contributed by atoms with Crippen LogP contribution in [0.4, 0.5) is 5.69 Å². The highest BCUT2D eigenvalue weighted by atomic mass is 35.5. The van der Waals surface area contributed by atoms with Crippen LogP contribution in [0.3, 0.4) is 0 Å². The molecule has 1 atom stereocenters. The molecular formula is C19H24ClN3O3. The summed E-state index contributed by atoms with van der Waals surface area (Å²) in [5.41, 5.74) is 0.667. The van der Waals surface area contributed by atoms with E-state index in [2.05, 4.69) is 0 Å². The number of halogens is 1. The third-order valence-corrected chi connectivity index (χ3v) is 5.37. The van der Waals surface area contributed by atoms with Crippen molar-refractivity contribution in [1.29, 1.82) is 0 Å². The zero-order chi connectivity index (χ0) is 18.7. The van der Waals surface area contributed by atoms with Gasteiger partial charge in [-0.1, -0.05) is 30.2 Å². The first kappa shape index (κ1) is 18.7. The van der Waals surface area contributed by atoms with E-state index < -0.39 is 0 Å². The Labute approximate surface area is 158 Å². The standard InChI is InChI=1S/C19H24ClN3O3/c1-14-11-23(16-8-5-4-7-15(16)20)19(26)13-22(14)18(25)12-21-10-6-2-3-9-17(21)24/h4-5,7-8,14H,2-3,6,9-13H2,1H3/t14-/m1/s1. The fourth-order valence-corrected chi connectivity index (χ4v) is 3.79. The fraction of sp³-hybridized carbons (Fsp3) is 0.526. The van der Waals surface area contributed by atoms with Crippen LogP contribution in [0.2, 0.25) is 5.02 Å². The predicted molar refractivity (Wildman–Crippen MR) is 100 cm³/mol. The molecule has 0 unspecified atom stereocenters. The number of carbonyl (C=O) groups excluding carboxylic acids is 3. The summed E-state index contributed by atoms with van der Waals surface area (Å²) in [6, 6.07) is 7.07. The lowest BCUT2D eigenvalue weighted by atomic mass is 10.1. The van der Waals surface area contributed by atoms with Gasteiger partial charge in [-0.2, -0.15) is 0 Å². The lowest BCUT2D eigenvalue weighted by Gasteiger charge is -2.40. The molecule has 2 aliphatic heterocycles. The minimum absolute atomic E-state index is 0.00720. The molecule has 1 aromatic carbocycles. The van der Waals surface area contributed by atoms with Crippen molar-refractivity contribution in [2.45, 2.75) is 38.6 Å². The Bertz CT molecular complexity index is 709. The van der Waals surface area contributed by atoms with Gasteiger partial charge >= 0.3 is 0 Å². The molecule has 7 heteroatoms. The van der Waals surface area contributed by atoms with Crippen LogP contribution in [0, 0.1) is 0 Å². The molecule has 2 saturated heterocycles. The smallest absolute Gasteiger partial charge is 0.246 e. The fourth-order valence-electron chi connectivity index (χ4n) is 3.55. The molecule has 0 aromatic heterocycles. The van der Waals surface area contributed by atoms with Gasteiger partial charge in [-0.3, -0.25) is 14.4 Å². The van der Waals surface area contributed by atoms with Crippen molar-refractivity contribution in [2.24, 2.45) is 0 Å². The molecule has 0 saturated carbocycles. The van der Waals surface area contributed by atoms with Gasteiger partial charge in [0.2, 0.25) is 17.7 Å². The van der Waals surface area contributed by atoms with E-state index in [1.54, 1.807) is 26.8 Å². The molecule has 0 bridgehead atoms. The Morgan fingerprint density at radius 3 is 2.69 bits per heavy atom. The number of likely N-dealkylation sites (tertiary alicyclic amines) is 1. The van der Waals surface area contributed by atoms with Crippen LogP contribution >= 0.6 is 11.6 Å². The van der Waals surface area contributed by atoms with Gasteiger partial charge < -0.3 is 14.7 Å². The monoisotopic (exact) mass is 377 g/mol. The van der Waals surface area contributed by atoms with E-state index in [4.69, 9.17) is 11.6 Å². The molecule has 1 aromatic rings. The molecule has 2 heterocycles. The number of carbonyl (C=O) groups is 3. The van der Waals surface area contributed by atoms with Gasteiger partial charge in [0, 0.05) is 25.6 Å². The maximum atomic E-state index is 12.7. The average molecular weight is 378 g/mol. The number of rotatable bonds is 3. The topological polar surface area (TPSA) is 60.9 Å². The lowest BCUT2D eigenvalue weighted by Crippen LogP contribution is -2.59. The predicted octanol–water partition coefficient (Wildman–Crippen LogP) is 2.31. The minimum atomic E-state index is -0.167. The largest absolute Gasteiger partial charge is 0.333 e. The van der Waals surface area contributed by atoms with Crippen molar-refractivity contribution in [3.05, 3.63) is 29.3 Å². The summed E-state index contributed by atoms with van der Waals surface area (Å²) < 4.78 is 0. The summed E-state index contributed by atoms with van der Waals surface area (Å²) in [5, 5.41) is 0.517. The second-order valence-corrected chi connectivity index (χ2v) is 7.36. The number of amides is 3. The Kier molecular flexibility index (Phi) is 5.81. The Morgan fingerprint density at radius 1 is 1.15 bits per heavy atom. The van der Waals surface area contributed by atoms with Gasteiger partial charge in [-0.15, -0.1) is 0 Å². The lowest BCUT2D eigenvalue weighted by molar-refractivity contribution is -0.144. The summed E-state index contributed by atoms with van der Waals surface area (Å²) in [5.74, 6) is -0.295. The van der Waals surface area contributed by atoms with Crippen LogP contribution in [0.1, 0.15) is 32.6 Å². The molecule has 26 heavy (non-hydrogen) atoms. The molecular weight excluding hydrogens is 354 g/mol. The summed E-state index contributed by atoms with van der Waals surface area (Å²) in [6.07, 6.45) is 3.33. The van der Waals surface area contributed by atoms with Gasteiger partial charge in [-0.25, -0.2) is 0 Å². The van der Waals surface area contributed by atoms with Gasteiger partial charge in [-0.05, 0) is 31.9 Å². The zero-order valence-corrected chi connectivity index (χ0v) is 15.7. The van der Waals surface area contributed by atoms with E-state index in [1.165, 1.54) is 0 Å². The molecule has 0 spiro atoms. The van der Waals surface area contributed by atoms with Gasteiger partial charge in [0.15, 0.2) is 0 Å². The normalized spacial score (nSPS) is 21.8. The van der Waals surface area contributed by atoms with Crippen LogP contribution < -0.4 is 4.90 Å². The second-order valence-electron chi connectivity index (χ2n) is 6.95. The van der Waals surface area contributed by atoms with E-state index in [0.29, 0.717) is 30.2 Å². The number of anilines is 1. The third kappa shape index (κ3) is 4.01. The number of hydrogen-bond acceptors (Lipinski definition) is 3. The highest BCUT2D eigenvalue weighted by Gasteiger charge is 2.34. The summed E-state index contributed by atoms with van der Waals surface area (Å²) in [6.45, 7) is 2.99. The maximum absolute atomic E-state index is 12.7. The second kappa shape index (κ2) is 8.08. The van der Waals surface area contributed by atoms with Crippen molar-refractivity contribution in [3.63, 3.8) is 0 Å². The van der Waals surface area contributed by atoms with Crippen molar-refractivity contribution in [3.8, 4) is 0 Å². The first-order chi connectivity index (χ1) is 12.5. The molecule has 0 N–H and O–H groups in total. The Balaban J connectivity index is 1.67. The molecule has 6 nitrogen and oxygen atoms in total. The molecule has 3 amide bonds. The third-order valence-electron chi connectivity index (χ3n) is 5.05. The number of para-hydroxylation sites is 1. The van der Waals surface area contributed by atoms with Crippen molar-refractivity contribution in [2.75, 3.05) is 31.1 Å². The van der Waals surface area contributed by atoms with E-state index in [0.717, 1.165) is 19.3 Å². The first-order valence-electron chi connectivity index (χ1n) is 9.09. The van der Waals surface area contributed by atoms with Crippen LogP contribution in [0.15, 0.2) is 24.3 Å². The van der Waals surface area contributed by atoms with Crippen molar-refractivity contribution in [1.82, 2.24) is 9.80 Å². The van der Waals surface area contributed by atoms with Crippen molar-refractivity contribution >= 4 is 35.0 Å². The van der Waals surface area contributed by atoms with E-state index in [9.17, 15) is 14.4 Å². The minimum Gasteiger partial charge on any atom is -0.333 e.